The summed E-state index contributed by atoms with van der Waals surface area (Å²) in [4.78, 5) is 2.14. The summed E-state index contributed by atoms with van der Waals surface area (Å²) in [7, 11) is 0. The number of para-hydroxylation sites is 1. The number of fused-ring (bicyclic) bond motifs is 1. The third-order valence-electron chi connectivity index (χ3n) is 2.66. The zero-order chi connectivity index (χ0) is 12.4. The number of nitrogens with two attached hydrogens (primary N) is 1. The van der Waals surface area contributed by atoms with Gasteiger partial charge in [0.05, 0.1) is 0 Å². The van der Waals surface area contributed by atoms with E-state index in [1.54, 1.807) is 11.8 Å². The minimum atomic E-state index is 0.606. The van der Waals surface area contributed by atoms with Crippen molar-refractivity contribution in [1.29, 1.82) is 0 Å². The molecule has 0 aliphatic carbocycles. The second-order valence-electron chi connectivity index (χ2n) is 3.95. The van der Waals surface area contributed by atoms with Crippen LogP contribution in [0.25, 0.3) is 0 Å². The highest BCUT2D eigenvalue weighted by atomic mass is 32.2. The summed E-state index contributed by atoms with van der Waals surface area (Å²) < 4.78 is 11.1. The van der Waals surface area contributed by atoms with Gasteiger partial charge in [0.25, 0.3) is 0 Å². The number of anilines is 1. The molecule has 1 aliphatic rings. The van der Waals surface area contributed by atoms with Crippen molar-refractivity contribution in [2.24, 2.45) is 0 Å². The van der Waals surface area contributed by atoms with Crippen LogP contribution in [0.2, 0.25) is 0 Å². The lowest BCUT2D eigenvalue weighted by Crippen LogP contribution is -2.15. The van der Waals surface area contributed by atoms with E-state index in [-0.39, 0.29) is 0 Å². The molecule has 0 unspecified atom stereocenters. The van der Waals surface area contributed by atoms with Gasteiger partial charge in [-0.1, -0.05) is 23.9 Å². The highest BCUT2D eigenvalue weighted by molar-refractivity contribution is 7.99. The summed E-state index contributed by atoms with van der Waals surface area (Å²) in [5, 5.41) is 0. The van der Waals surface area contributed by atoms with Crippen LogP contribution in [0.15, 0.2) is 52.3 Å². The number of hydrogen-bond donors (Lipinski definition) is 1. The molecule has 92 valence electrons. The standard InChI is InChI=1S/C14H13NO2S/c15-11-3-1-2-4-14(11)18-10-5-6-12-13(9-10)17-8-7-16-12/h1-6,9H,7-8,15H2. The summed E-state index contributed by atoms with van der Waals surface area (Å²) in [5.41, 5.74) is 6.72. The van der Waals surface area contributed by atoms with Crippen LogP contribution in [-0.4, -0.2) is 13.2 Å². The van der Waals surface area contributed by atoms with Crippen LogP contribution in [0.3, 0.4) is 0 Å². The van der Waals surface area contributed by atoms with Crippen LogP contribution in [0.1, 0.15) is 0 Å². The van der Waals surface area contributed by atoms with Crippen molar-refractivity contribution >= 4 is 17.4 Å². The first kappa shape index (κ1) is 11.3. The first-order valence-electron chi connectivity index (χ1n) is 5.75. The second-order valence-corrected chi connectivity index (χ2v) is 5.06. The Morgan fingerprint density at radius 1 is 0.944 bits per heavy atom. The van der Waals surface area contributed by atoms with Gasteiger partial charge in [0.2, 0.25) is 0 Å². The van der Waals surface area contributed by atoms with Crippen LogP contribution >= 0.6 is 11.8 Å². The Morgan fingerprint density at radius 2 is 1.72 bits per heavy atom. The fourth-order valence-electron chi connectivity index (χ4n) is 1.79. The monoisotopic (exact) mass is 259 g/mol. The third kappa shape index (κ3) is 2.24. The van der Waals surface area contributed by atoms with E-state index >= 15 is 0 Å². The smallest absolute Gasteiger partial charge is 0.162 e. The Morgan fingerprint density at radius 3 is 2.56 bits per heavy atom. The molecule has 1 heterocycles. The second kappa shape index (κ2) is 4.82. The fourth-order valence-corrected chi connectivity index (χ4v) is 2.68. The van der Waals surface area contributed by atoms with Gasteiger partial charge in [-0.2, -0.15) is 0 Å². The van der Waals surface area contributed by atoms with Crippen molar-refractivity contribution in [3.63, 3.8) is 0 Å². The molecule has 4 heteroatoms. The molecule has 18 heavy (non-hydrogen) atoms. The number of hydrogen-bond acceptors (Lipinski definition) is 4. The van der Waals surface area contributed by atoms with Crippen molar-refractivity contribution in [3.05, 3.63) is 42.5 Å². The Kier molecular flexibility index (Phi) is 3.02. The van der Waals surface area contributed by atoms with E-state index in [2.05, 4.69) is 0 Å². The zero-order valence-electron chi connectivity index (χ0n) is 9.76. The van der Waals surface area contributed by atoms with E-state index in [1.165, 1.54) is 0 Å². The molecule has 3 nitrogen and oxygen atoms in total. The predicted octanol–water partition coefficient (Wildman–Crippen LogP) is 3.19. The van der Waals surface area contributed by atoms with Gasteiger partial charge in [-0.3, -0.25) is 0 Å². The van der Waals surface area contributed by atoms with Crippen LogP contribution < -0.4 is 15.2 Å². The molecule has 0 amide bonds. The van der Waals surface area contributed by atoms with E-state index in [0.717, 1.165) is 27.0 Å². The minimum Gasteiger partial charge on any atom is -0.486 e. The maximum absolute atomic E-state index is 5.93. The molecule has 0 fully saturated rings. The third-order valence-corrected chi connectivity index (χ3v) is 3.74. The van der Waals surface area contributed by atoms with Gasteiger partial charge in [-0.25, -0.2) is 0 Å². The Balaban J connectivity index is 1.87. The number of rotatable bonds is 2. The molecule has 1 aliphatic heterocycles. The highest BCUT2D eigenvalue weighted by Crippen LogP contribution is 2.38. The largest absolute Gasteiger partial charge is 0.486 e. The van der Waals surface area contributed by atoms with Crippen molar-refractivity contribution in [2.75, 3.05) is 18.9 Å². The molecular weight excluding hydrogens is 246 g/mol. The average Bonchev–Trinajstić information content (AvgIpc) is 2.41. The average molecular weight is 259 g/mol. The minimum absolute atomic E-state index is 0.606. The first-order chi connectivity index (χ1) is 8.83. The van der Waals surface area contributed by atoms with Gasteiger partial charge in [0.1, 0.15) is 13.2 Å². The molecular formula is C14H13NO2S. The van der Waals surface area contributed by atoms with Crippen LogP contribution in [0.4, 0.5) is 5.69 Å². The fraction of sp³-hybridized carbons (Fsp3) is 0.143. The molecule has 0 atom stereocenters. The Bertz CT molecular complexity index is 571. The summed E-state index contributed by atoms with van der Waals surface area (Å²) >= 11 is 1.63. The summed E-state index contributed by atoms with van der Waals surface area (Å²) in [6, 6.07) is 13.8. The van der Waals surface area contributed by atoms with E-state index < -0.39 is 0 Å². The van der Waals surface area contributed by atoms with Crippen LogP contribution in [0.5, 0.6) is 11.5 Å². The lowest BCUT2D eigenvalue weighted by atomic mass is 10.3. The van der Waals surface area contributed by atoms with Crippen LogP contribution in [-0.2, 0) is 0 Å². The number of ether oxygens (including phenoxy) is 2. The van der Waals surface area contributed by atoms with Crippen molar-refractivity contribution in [1.82, 2.24) is 0 Å². The van der Waals surface area contributed by atoms with E-state index in [0.29, 0.717) is 13.2 Å². The summed E-state index contributed by atoms with van der Waals surface area (Å²) in [6.45, 7) is 1.22. The molecule has 2 N–H and O–H groups in total. The Labute approximate surface area is 110 Å². The summed E-state index contributed by atoms with van der Waals surface area (Å²) in [6.07, 6.45) is 0. The molecule has 0 aromatic heterocycles. The topological polar surface area (TPSA) is 44.5 Å². The first-order valence-corrected chi connectivity index (χ1v) is 6.56. The van der Waals surface area contributed by atoms with E-state index in [1.807, 2.05) is 42.5 Å². The van der Waals surface area contributed by atoms with Gasteiger partial charge < -0.3 is 15.2 Å². The van der Waals surface area contributed by atoms with Gasteiger partial charge >= 0.3 is 0 Å². The lowest BCUT2D eigenvalue weighted by molar-refractivity contribution is 0.171. The lowest BCUT2D eigenvalue weighted by Gasteiger charge is -2.18. The highest BCUT2D eigenvalue weighted by Gasteiger charge is 2.12. The number of nitrogen functional groups attached to an aromatic ring is 1. The molecule has 0 spiro atoms. The molecule has 0 radical (unpaired) electrons. The van der Waals surface area contributed by atoms with Crippen LogP contribution in [0, 0.1) is 0 Å². The van der Waals surface area contributed by atoms with Crippen molar-refractivity contribution in [3.8, 4) is 11.5 Å². The number of benzene rings is 2. The van der Waals surface area contributed by atoms with Gasteiger partial charge in [0, 0.05) is 15.5 Å². The quantitative estimate of drug-likeness (QED) is 0.841. The molecule has 0 bridgehead atoms. The zero-order valence-corrected chi connectivity index (χ0v) is 10.6. The van der Waals surface area contributed by atoms with Crippen molar-refractivity contribution < 1.29 is 9.47 Å². The van der Waals surface area contributed by atoms with Gasteiger partial charge in [-0.05, 0) is 30.3 Å². The van der Waals surface area contributed by atoms with Gasteiger partial charge in [-0.15, -0.1) is 0 Å². The molecule has 3 rings (SSSR count). The molecule has 0 saturated heterocycles. The van der Waals surface area contributed by atoms with Gasteiger partial charge in [0.15, 0.2) is 11.5 Å². The molecule has 2 aromatic rings. The molecule has 0 saturated carbocycles. The van der Waals surface area contributed by atoms with Crippen molar-refractivity contribution in [2.45, 2.75) is 9.79 Å². The predicted molar refractivity (Wildman–Crippen MR) is 72.4 cm³/mol. The Hall–Kier alpha value is -1.81. The summed E-state index contributed by atoms with van der Waals surface area (Å²) in [5.74, 6) is 1.62. The SMILES string of the molecule is Nc1ccccc1Sc1ccc2c(c1)OCCO2. The maximum Gasteiger partial charge on any atom is 0.162 e. The van der Waals surface area contributed by atoms with E-state index in [9.17, 15) is 0 Å². The normalized spacial score (nSPS) is 13.3. The maximum atomic E-state index is 5.93. The molecule has 2 aromatic carbocycles. The van der Waals surface area contributed by atoms with E-state index in [4.69, 9.17) is 15.2 Å².